The SMILES string of the molecule is Cl.Fc1cc(CNC2CCCC2C2COCCN2)ccc1Oc1cccnc1. The molecule has 2 N–H and O–H groups in total. The smallest absolute Gasteiger partial charge is 0.166 e. The topological polar surface area (TPSA) is 55.4 Å². The predicted molar refractivity (Wildman–Crippen MR) is 109 cm³/mol. The van der Waals surface area contributed by atoms with Crippen molar-refractivity contribution in [2.75, 3.05) is 19.8 Å². The third-order valence-electron chi connectivity index (χ3n) is 5.46. The molecule has 0 amide bonds. The van der Waals surface area contributed by atoms with Gasteiger partial charge in [-0.3, -0.25) is 4.98 Å². The van der Waals surface area contributed by atoms with Gasteiger partial charge in [-0.05, 0) is 48.6 Å². The van der Waals surface area contributed by atoms with E-state index in [1.165, 1.54) is 12.8 Å². The third-order valence-corrected chi connectivity index (χ3v) is 5.46. The van der Waals surface area contributed by atoms with Crippen LogP contribution in [-0.2, 0) is 11.3 Å². The summed E-state index contributed by atoms with van der Waals surface area (Å²) in [4.78, 5) is 3.98. The maximum Gasteiger partial charge on any atom is 0.166 e. The highest BCUT2D eigenvalue weighted by molar-refractivity contribution is 5.85. The molecule has 1 aliphatic carbocycles. The van der Waals surface area contributed by atoms with Crippen molar-refractivity contribution in [3.63, 3.8) is 0 Å². The molecule has 2 heterocycles. The second-order valence-electron chi connectivity index (χ2n) is 7.27. The van der Waals surface area contributed by atoms with Crippen LogP contribution in [0.5, 0.6) is 11.5 Å². The Morgan fingerprint density at radius 2 is 2.21 bits per heavy atom. The molecule has 1 saturated carbocycles. The molecule has 3 unspecified atom stereocenters. The number of nitrogens with zero attached hydrogens (tertiary/aromatic N) is 1. The minimum Gasteiger partial charge on any atom is -0.453 e. The van der Waals surface area contributed by atoms with E-state index in [0.717, 1.165) is 31.7 Å². The van der Waals surface area contributed by atoms with Crippen molar-refractivity contribution in [3.8, 4) is 11.5 Å². The standard InChI is InChI=1S/C21H26FN3O2.ClH/c22-18-11-15(6-7-21(18)27-16-3-2-8-23-13-16)12-25-19-5-1-4-17(19)20-14-26-10-9-24-20;/h2-3,6-8,11,13,17,19-20,24-25H,1,4-5,9-10,12,14H2;1H. The van der Waals surface area contributed by atoms with Crippen molar-refractivity contribution in [2.24, 2.45) is 5.92 Å². The molecule has 4 rings (SSSR count). The first-order valence-corrected chi connectivity index (χ1v) is 9.70. The summed E-state index contributed by atoms with van der Waals surface area (Å²) in [6.45, 7) is 3.17. The van der Waals surface area contributed by atoms with Crippen LogP contribution in [0.25, 0.3) is 0 Å². The van der Waals surface area contributed by atoms with Crippen molar-refractivity contribution >= 4 is 12.4 Å². The number of nitrogens with one attached hydrogen (secondary N) is 2. The lowest BCUT2D eigenvalue weighted by molar-refractivity contribution is 0.0524. The summed E-state index contributed by atoms with van der Waals surface area (Å²) >= 11 is 0. The molecule has 1 aromatic heterocycles. The Labute approximate surface area is 171 Å². The number of hydrogen-bond acceptors (Lipinski definition) is 5. The summed E-state index contributed by atoms with van der Waals surface area (Å²) < 4.78 is 25.6. The molecule has 2 fully saturated rings. The molecule has 7 heteroatoms. The van der Waals surface area contributed by atoms with Gasteiger partial charge in [0.05, 0.1) is 19.4 Å². The predicted octanol–water partition coefficient (Wildman–Crippen LogP) is 3.68. The van der Waals surface area contributed by atoms with Gasteiger partial charge in [0, 0.05) is 31.4 Å². The largest absolute Gasteiger partial charge is 0.453 e. The molecule has 1 aromatic carbocycles. The van der Waals surface area contributed by atoms with Crippen molar-refractivity contribution in [3.05, 3.63) is 54.1 Å². The third kappa shape index (κ3) is 5.20. The Morgan fingerprint density at radius 3 is 2.96 bits per heavy atom. The number of hydrogen-bond donors (Lipinski definition) is 2. The Hall–Kier alpha value is -1.73. The van der Waals surface area contributed by atoms with Crippen LogP contribution in [0.2, 0.25) is 0 Å². The van der Waals surface area contributed by atoms with Gasteiger partial charge in [-0.15, -0.1) is 12.4 Å². The normalized spacial score (nSPS) is 24.5. The van der Waals surface area contributed by atoms with E-state index in [1.54, 1.807) is 36.7 Å². The molecular formula is C21H27ClFN3O2. The summed E-state index contributed by atoms with van der Waals surface area (Å²) in [5.74, 6) is 0.958. The van der Waals surface area contributed by atoms with Gasteiger partial charge in [0.15, 0.2) is 11.6 Å². The van der Waals surface area contributed by atoms with Crippen LogP contribution in [0.15, 0.2) is 42.7 Å². The van der Waals surface area contributed by atoms with E-state index in [0.29, 0.717) is 30.3 Å². The van der Waals surface area contributed by atoms with Gasteiger partial charge in [0.2, 0.25) is 0 Å². The van der Waals surface area contributed by atoms with E-state index >= 15 is 0 Å². The average Bonchev–Trinajstić information content (AvgIpc) is 3.18. The zero-order valence-corrected chi connectivity index (χ0v) is 16.6. The zero-order chi connectivity index (χ0) is 18.5. The number of morpholine rings is 1. The second-order valence-corrected chi connectivity index (χ2v) is 7.27. The van der Waals surface area contributed by atoms with E-state index in [-0.39, 0.29) is 24.0 Å². The van der Waals surface area contributed by atoms with Crippen molar-refractivity contribution < 1.29 is 13.9 Å². The Balaban J connectivity index is 0.00000225. The minimum absolute atomic E-state index is 0. The summed E-state index contributed by atoms with van der Waals surface area (Å²) in [5.41, 5.74) is 0.921. The molecule has 0 spiro atoms. The monoisotopic (exact) mass is 407 g/mol. The molecule has 3 atom stereocenters. The van der Waals surface area contributed by atoms with Crippen LogP contribution in [0.4, 0.5) is 4.39 Å². The molecule has 28 heavy (non-hydrogen) atoms. The van der Waals surface area contributed by atoms with Crippen LogP contribution in [0, 0.1) is 11.7 Å². The fourth-order valence-electron chi connectivity index (χ4n) is 4.10. The summed E-state index contributed by atoms with van der Waals surface area (Å²) in [6.07, 6.45) is 6.83. The number of pyridine rings is 1. The first-order chi connectivity index (χ1) is 13.3. The molecule has 1 saturated heterocycles. The minimum atomic E-state index is -0.358. The molecule has 0 bridgehead atoms. The number of aromatic nitrogens is 1. The maximum atomic E-state index is 14.4. The van der Waals surface area contributed by atoms with Gasteiger partial charge >= 0.3 is 0 Å². The maximum absolute atomic E-state index is 14.4. The highest BCUT2D eigenvalue weighted by Gasteiger charge is 2.34. The van der Waals surface area contributed by atoms with Crippen molar-refractivity contribution in [1.82, 2.24) is 15.6 Å². The lowest BCUT2D eigenvalue weighted by Gasteiger charge is -2.33. The van der Waals surface area contributed by atoms with Crippen LogP contribution < -0.4 is 15.4 Å². The molecule has 0 radical (unpaired) electrons. The van der Waals surface area contributed by atoms with Crippen LogP contribution in [0.1, 0.15) is 24.8 Å². The van der Waals surface area contributed by atoms with Crippen molar-refractivity contribution in [2.45, 2.75) is 37.9 Å². The summed E-state index contributed by atoms with van der Waals surface area (Å²) in [6, 6.07) is 9.52. The number of ether oxygens (including phenoxy) is 2. The average molecular weight is 408 g/mol. The number of rotatable bonds is 6. The zero-order valence-electron chi connectivity index (χ0n) is 15.8. The van der Waals surface area contributed by atoms with Gasteiger partial charge in [-0.25, -0.2) is 4.39 Å². The highest BCUT2D eigenvalue weighted by atomic mass is 35.5. The van der Waals surface area contributed by atoms with E-state index in [9.17, 15) is 4.39 Å². The second kappa shape index (κ2) is 10.2. The molecule has 2 aromatic rings. The Bertz CT molecular complexity index is 744. The summed E-state index contributed by atoms with van der Waals surface area (Å²) in [5, 5.41) is 7.21. The van der Waals surface area contributed by atoms with Gasteiger partial charge in [-0.2, -0.15) is 0 Å². The van der Waals surface area contributed by atoms with Crippen molar-refractivity contribution in [1.29, 1.82) is 0 Å². The van der Waals surface area contributed by atoms with E-state index in [2.05, 4.69) is 15.6 Å². The Morgan fingerprint density at radius 1 is 1.29 bits per heavy atom. The molecule has 1 aliphatic heterocycles. The molecular weight excluding hydrogens is 381 g/mol. The lowest BCUT2D eigenvalue weighted by Crippen LogP contribution is -2.50. The summed E-state index contributed by atoms with van der Waals surface area (Å²) in [7, 11) is 0. The van der Waals surface area contributed by atoms with Crippen LogP contribution in [0.3, 0.4) is 0 Å². The van der Waals surface area contributed by atoms with Gasteiger partial charge < -0.3 is 20.1 Å². The van der Waals surface area contributed by atoms with E-state index in [1.807, 2.05) is 6.07 Å². The quantitative estimate of drug-likeness (QED) is 0.765. The molecule has 2 aliphatic rings. The molecule has 5 nitrogen and oxygen atoms in total. The van der Waals surface area contributed by atoms with Gasteiger partial charge in [0.25, 0.3) is 0 Å². The van der Waals surface area contributed by atoms with Crippen LogP contribution in [-0.4, -0.2) is 36.8 Å². The Kier molecular flexibility index (Phi) is 7.62. The molecule has 152 valence electrons. The van der Waals surface area contributed by atoms with E-state index < -0.39 is 0 Å². The number of halogens is 2. The van der Waals surface area contributed by atoms with Crippen LogP contribution >= 0.6 is 12.4 Å². The fraction of sp³-hybridized carbons (Fsp3) is 0.476. The first-order valence-electron chi connectivity index (χ1n) is 9.70. The fourth-order valence-corrected chi connectivity index (χ4v) is 4.10. The number of benzene rings is 1. The van der Waals surface area contributed by atoms with E-state index in [4.69, 9.17) is 9.47 Å². The van der Waals surface area contributed by atoms with Gasteiger partial charge in [-0.1, -0.05) is 12.5 Å². The highest BCUT2D eigenvalue weighted by Crippen LogP contribution is 2.30. The first kappa shape index (κ1) is 21.0. The van der Waals surface area contributed by atoms with Gasteiger partial charge in [0.1, 0.15) is 5.75 Å². The lowest BCUT2D eigenvalue weighted by atomic mass is 9.94.